The third-order valence-corrected chi connectivity index (χ3v) is 26.3. The molecule has 46 heteroatoms. The zero-order chi connectivity index (χ0) is 105. The molecular weight excluding hydrogens is 1870 g/mol. The van der Waals surface area contributed by atoms with E-state index < -0.39 is 291 Å². The van der Waals surface area contributed by atoms with E-state index in [0.29, 0.717) is 63.1 Å². The normalized spacial score (nSPS) is 24.3. The molecule has 0 radical (unpaired) electrons. The van der Waals surface area contributed by atoms with E-state index in [0.717, 1.165) is 24.5 Å². The average molecular weight is 2000 g/mol. The number of aromatic nitrogens is 2. The van der Waals surface area contributed by atoms with Crippen LogP contribution in [0, 0.1) is 24.2 Å². The Kier molecular flexibility index (Phi) is 43.1. The number of carboxylic acids is 3. The average Bonchev–Trinajstić information content (AvgIpc) is 1.63. The number of hydrogen-bond acceptors (Lipinski definition) is 25. The highest BCUT2D eigenvalue weighted by molar-refractivity contribution is 8.00. The number of terminal acetylenes is 1. The molecule has 16 atom stereocenters. The van der Waals surface area contributed by atoms with Crippen LogP contribution in [0.2, 0.25) is 0 Å². The van der Waals surface area contributed by atoms with Gasteiger partial charge in [0.25, 0.3) is 0 Å². The number of primary amides is 1. The van der Waals surface area contributed by atoms with Crippen molar-refractivity contribution in [3.05, 3.63) is 102 Å². The predicted molar refractivity (Wildman–Crippen MR) is 517 cm³/mol. The largest absolute Gasteiger partial charge is 0.508 e. The van der Waals surface area contributed by atoms with Crippen molar-refractivity contribution in [3.63, 3.8) is 0 Å². The highest BCUT2D eigenvalue weighted by Gasteiger charge is 2.47. The number of nitrogens with one attached hydrogen (secondary N) is 11. The summed E-state index contributed by atoms with van der Waals surface area (Å²) in [5, 5.41) is 78.1. The van der Waals surface area contributed by atoms with Gasteiger partial charge in [-0.25, -0.2) is 4.79 Å². The van der Waals surface area contributed by atoms with Gasteiger partial charge in [0.1, 0.15) is 90.8 Å². The Morgan fingerprint density at radius 1 is 0.606 bits per heavy atom. The van der Waals surface area contributed by atoms with Crippen molar-refractivity contribution < 1.29 is 121 Å². The molecule has 16 amide bonds. The van der Waals surface area contributed by atoms with Crippen LogP contribution in [0.1, 0.15) is 154 Å². The van der Waals surface area contributed by atoms with Crippen LogP contribution < -0.4 is 70.4 Å². The number of nitrogens with two attached hydrogens (primary N) is 3. The van der Waals surface area contributed by atoms with Gasteiger partial charge >= 0.3 is 17.9 Å². The van der Waals surface area contributed by atoms with Crippen LogP contribution in [-0.2, 0) is 122 Å². The van der Waals surface area contributed by atoms with Crippen LogP contribution in [0.3, 0.4) is 0 Å². The molecule has 3 aliphatic heterocycles. The molecule has 0 aliphatic carbocycles. The number of carbonyl (C=O) groups is 20. The van der Waals surface area contributed by atoms with Crippen molar-refractivity contribution in [3.8, 4) is 18.1 Å². The van der Waals surface area contributed by atoms with Gasteiger partial charge in [-0.2, -0.15) is 0 Å². The zero-order valence-electron chi connectivity index (χ0n) is 80.8. The number of nitrogens with zero attached hydrogens (tertiary/aromatic N) is 6. The molecule has 772 valence electrons. The summed E-state index contributed by atoms with van der Waals surface area (Å²) in [5.74, 6) is -22.4. The lowest BCUT2D eigenvalue weighted by Gasteiger charge is -2.36. The van der Waals surface area contributed by atoms with E-state index in [1.165, 1.54) is 63.1 Å². The molecule has 2 aromatic heterocycles. The first-order valence-electron chi connectivity index (χ1n) is 47.3. The minimum Gasteiger partial charge on any atom is -0.508 e. The number of hydrogen-bond donors (Lipinski definition) is 19. The van der Waals surface area contributed by atoms with Crippen LogP contribution in [0.25, 0.3) is 21.8 Å². The molecule has 5 aromatic rings. The van der Waals surface area contributed by atoms with Gasteiger partial charge < -0.3 is 130 Å². The predicted octanol–water partition coefficient (Wildman–Crippen LogP) is -2.22. The number of phenols is 1. The summed E-state index contributed by atoms with van der Waals surface area (Å²) in [6.07, 6.45) is 2.91. The molecule has 8 rings (SSSR count). The van der Waals surface area contributed by atoms with E-state index >= 15 is 38.4 Å². The Balaban J connectivity index is 1.23. The van der Waals surface area contributed by atoms with Gasteiger partial charge in [-0.05, 0) is 112 Å². The number of aromatic amines is 1. The molecule has 3 aliphatic rings. The van der Waals surface area contributed by atoms with Crippen LogP contribution in [0.4, 0.5) is 0 Å². The molecule has 3 saturated heterocycles. The number of para-hydroxylation sites is 2. The summed E-state index contributed by atoms with van der Waals surface area (Å²) >= 11 is 0.634. The molecule has 5 heterocycles. The maximum Gasteiger partial charge on any atom is 0.327 e. The first-order valence-corrected chi connectivity index (χ1v) is 48.4. The van der Waals surface area contributed by atoms with E-state index in [1.807, 2.05) is 0 Å². The lowest BCUT2D eigenvalue weighted by atomic mass is 9.90. The Bertz CT molecular complexity index is 5450. The molecule has 45 nitrogen and oxygen atoms in total. The summed E-state index contributed by atoms with van der Waals surface area (Å²) in [5.41, 5.74) is 20.4. The number of thioether (sulfide) groups is 1. The molecule has 0 unspecified atom stereocenters. The number of aliphatic hydroxyl groups is 1. The number of phenolic OH excluding ortho intramolecular Hbond substituents is 1. The van der Waals surface area contributed by atoms with Gasteiger partial charge in [-0.15, -0.1) is 24.1 Å². The first-order chi connectivity index (χ1) is 67.4. The number of benzene rings is 3. The van der Waals surface area contributed by atoms with Crippen LogP contribution >= 0.6 is 11.8 Å². The van der Waals surface area contributed by atoms with Crippen molar-refractivity contribution in [2.45, 2.75) is 254 Å². The standard InChI is InChI=1S/C96H132N20O25S/c1-10-13-24-73-89(133)105-63(32-33-81(123)124)86(130)110-71(85(129)101-46-79(121)102-65(20-12-3)96(140)141)50-142-51-80(122)103-67(38-54-28-30-58(117)31-29-54)91(135)111(7)53(6)83(127)106-69(43-78(99)120)93(137)115-36-19-27-74(115)90(134)109-70(44-98)88(132)107-66(37-52(4)5)94(138)116-48-59(118)42-76(116)77(119)41-55(39-56-45-100-62-23-17-15-21-60(56)62)84(128)104-64(34-35-97)87(131)108-68(92(136)113(9)75(25-14-11-2)95(139)112(73)8)40-57-47-114(49-82(125)126)72-26-18-16-22-61(57)72/h3,15-18,21-23,26,28-31,45,47,52-53,55,59,63-71,73-76,100,117-118H,10-11,13-14,19-20,24-25,27,32-44,46,48-51,97-98H2,1-2,4-9H3,(H2,99,120)(H,101,129)(H,102,121)(H,103,122)(H,104,128)(H,105,133)(H,106,127)(H,107,132)(H,108,131)(H,109,134)(H,110,130)(H,123,124)(H,125,126)(H,140,141)/t53-,55+,59+,63-,64-,65-,66-,67-,68-,69-,70-,71-,73-,74-,75-,76-/m0/s1. The monoisotopic (exact) mass is 2000 g/mol. The third kappa shape index (κ3) is 31.7. The number of unbranched alkanes of at least 4 members (excludes halogenated alkanes) is 2. The van der Waals surface area contributed by atoms with Crippen LogP contribution in [0.5, 0.6) is 5.75 Å². The lowest BCUT2D eigenvalue weighted by molar-refractivity contribution is -0.149. The van der Waals surface area contributed by atoms with Crippen LogP contribution in [-0.4, -0.2) is 334 Å². The number of carbonyl (C=O) groups excluding carboxylic acids is 17. The van der Waals surface area contributed by atoms with E-state index in [-0.39, 0.29) is 95.4 Å². The number of rotatable bonds is 30. The highest BCUT2D eigenvalue weighted by atomic mass is 32.2. The molecule has 0 bridgehead atoms. The number of Topliss-reactive ketones (excluding diaryl/α,β-unsaturated/α-hetero) is 1. The van der Waals surface area contributed by atoms with E-state index in [9.17, 15) is 83.1 Å². The maximum absolute atomic E-state index is 16.0. The van der Waals surface area contributed by atoms with Gasteiger partial charge in [0.05, 0.1) is 30.9 Å². The van der Waals surface area contributed by atoms with Gasteiger partial charge in [-0.3, -0.25) is 91.1 Å². The summed E-state index contributed by atoms with van der Waals surface area (Å²) in [6, 6.07) is -3.76. The molecule has 0 spiro atoms. The van der Waals surface area contributed by atoms with E-state index in [2.05, 4.69) is 64.1 Å². The van der Waals surface area contributed by atoms with E-state index in [1.54, 1.807) is 82.4 Å². The van der Waals surface area contributed by atoms with Crippen molar-refractivity contribution in [1.82, 2.24) is 87.2 Å². The quantitative estimate of drug-likeness (QED) is 0.0217. The number of carboxylic acid groups (broad SMARTS) is 3. The van der Waals surface area contributed by atoms with Crippen molar-refractivity contribution in [1.29, 1.82) is 0 Å². The molecule has 22 N–H and O–H groups in total. The fourth-order valence-corrected chi connectivity index (χ4v) is 18.3. The minimum atomic E-state index is -1.90. The van der Waals surface area contributed by atoms with Crippen LogP contribution in [0.15, 0.2) is 85.2 Å². The third-order valence-electron chi connectivity index (χ3n) is 25.3. The summed E-state index contributed by atoms with van der Waals surface area (Å²) in [7, 11) is 3.69. The number of likely N-dealkylation sites (N-methyl/N-ethyl adjacent to an activating group) is 3. The number of aliphatic carboxylic acids is 3. The number of H-pyrrole nitrogens is 1. The van der Waals surface area contributed by atoms with Crippen molar-refractivity contribution >= 4 is 152 Å². The Hall–Kier alpha value is -14.1. The SMILES string of the molecule is C#CC[C@H](NC(=O)CNC(=O)[C@@H]1CSCC(=O)N[C@@H](Cc2ccc(O)cc2)C(=O)N(C)[C@@H](C)C(=O)N[C@@H](CC(N)=O)C(=O)N2CCC[C@H]2C(=O)N[C@@H](CN)C(=O)N[C@@H](CC(C)C)C(=O)N2C[C@H](O)C[C@H]2C(=O)C[C@@H](Cc2c[nH]c3ccccc23)C(=O)N[C@@H](CCN)C(=O)N[C@@H](Cc2cn(CC(=O)O)c3ccccc23)C(=O)N(C)[C@@H](CCCC)C(=O)N(C)[C@@H](CCCC)C(=O)N[C@@H](CCC(=O)O)C(=O)N1)C(=O)O. The molecule has 3 aromatic carbocycles. The smallest absolute Gasteiger partial charge is 0.327 e. The number of amides is 16. The second kappa shape index (κ2) is 54.1. The molecular formula is C96H132N20O25S. The minimum absolute atomic E-state index is 0.0450. The highest BCUT2D eigenvalue weighted by Crippen LogP contribution is 2.31. The number of ketones is 1. The summed E-state index contributed by atoms with van der Waals surface area (Å²) in [4.78, 5) is 297. The zero-order valence-corrected chi connectivity index (χ0v) is 81.6. The van der Waals surface area contributed by atoms with Crippen molar-refractivity contribution in [2.75, 3.05) is 65.4 Å². The lowest BCUT2D eigenvalue weighted by Crippen LogP contribution is -2.61. The molecule has 3 fully saturated rings. The first kappa shape index (κ1) is 113. The summed E-state index contributed by atoms with van der Waals surface area (Å²) < 4.78 is 1.41. The number of aliphatic hydroxyl groups excluding tert-OH is 1. The molecule has 0 saturated carbocycles. The topological polar surface area (TPSA) is 678 Å². The second-order valence-electron chi connectivity index (χ2n) is 36.3. The summed E-state index contributed by atoms with van der Waals surface area (Å²) in [6.45, 7) is 5.22. The second-order valence-corrected chi connectivity index (χ2v) is 37.3. The maximum atomic E-state index is 16.0. The van der Waals surface area contributed by atoms with Crippen molar-refractivity contribution in [2.24, 2.45) is 29.0 Å². The Labute approximate surface area is 824 Å². The fourth-order valence-electron chi connectivity index (χ4n) is 17.5. The van der Waals surface area contributed by atoms with Gasteiger partial charge in [-0.1, -0.05) is 102 Å². The molecule has 142 heavy (non-hydrogen) atoms. The fraction of sp³-hybridized carbons (Fsp3) is 0.542. The van der Waals surface area contributed by atoms with E-state index in [4.69, 9.17) is 23.6 Å². The Morgan fingerprint density at radius 2 is 1.20 bits per heavy atom. The van der Waals surface area contributed by atoms with Gasteiger partial charge in [0, 0.05) is 125 Å². The number of fused-ring (bicyclic) bond motifs is 4. The number of aromatic hydroxyl groups is 1. The van der Waals surface area contributed by atoms with Gasteiger partial charge in [0.15, 0.2) is 5.78 Å². The van der Waals surface area contributed by atoms with Gasteiger partial charge in [0.2, 0.25) is 94.5 Å². The Morgan fingerprint density at radius 3 is 1.84 bits per heavy atom.